The summed E-state index contributed by atoms with van der Waals surface area (Å²) in [6, 6.07) is 0. The maximum absolute atomic E-state index is 12.8. The smallest absolute Gasteiger partial charge is 0.223 e. The molecule has 0 bridgehead atoms. The van der Waals surface area contributed by atoms with Gasteiger partial charge < -0.3 is 18.7 Å². The molecule has 8 nitrogen and oxygen atoms in total. The average molecular weight is 388 g/mol. The predicted molar refractivity (Wildman–Crippen MR) is 101 cm³/mol. The van der Waals surface area contributed by atoms with Gasteiger partial charge in [-0.1, -0.05) is 10.3 Å². The van der Waals surface area contributed by atoms with Gasteiger partial charge in [0.2, 0.25) is 5.91 Å². The number of hydrogen-bond donors (Lipinski definition) is 0. The molecule has 28 heavy (non-hydrogen) atoms. The van der Waals surface area contributed by atoms with Crippen molar-refractivity contribution in [3.8, 4) is 0 Å². The zero-order valence-electron chi connectivity index (χ0n) is 17.1. The number of hydrogen-bond acceptors (Lipinski definition) is 7. The standard InChI is InChI=1S/C20H28N4O4/c1-13-17(15(3)27-21-13)8-23-5-6-26-12-20(10-23)7-19(25)24(11-20)9-18-14(2)22-28-16(18)4/h5-12H2,1-4H3/t20-/m1/s1. The molecular weight excluding hydrogens is 360 g/mol. The lowest BCUT2D eigenvalue weighted by Gasteiger charge is -2.31. The Balaban J connectivity index is 1.49. The minimum atomic E-state index is -0.189. The van der Waals surface area contributed by atoms with Crippen molar-refractivity contribution in [1.82, 2.24) is 20.1 Å². The summed E-state index contributed by atoms with van der Waals surface area (Å²) in [7, 11) is 0. The Morgan fingerprint density at radius 3 is 2.21 bits per heavy atom. The van der Waals surface area contributed by atoms with Crippen molar-refractivity contribution in [2.75, 3.05) is 32.8 Å². The number of nitrogens with zero attached hydrogens (tertiary/aromatic N) is 4. The Morgan fingerprint density at radius 2 is 1.61 bits per heavy atom. The molecule has 0 saturated carbocycles. The minimum Gasteiger partial charge on any atom is -0.379 e. The van der Waals surface area contributed by atoms with Gasteiger partial charge in [-0.25, -0.2) is 0 Å². The van der Waals surface area contributed by atoms with E-state index in [2.05, 4.69) is 15.2 Å². The maximum Gasteiger partial charge on any atom is 0.223 e. The molecule has 0 N–H and O–H groups in total. The molecule has 152 valence electrons. The third-order valence-corrected chi connectivity index (χ3v) is 6.02. The molecule has 2 fully saturated rings. The van der Waals surface area contributed by atoms with Crippen LogP contribution in [0.3, 0.4) is 0 Å². The number of amides is 1. The van der Waals surface area contributed by atoms with Gasteiger partial charge in [-0.2, -0.15) is 0 Å². The quantitative estimate of drug-likeness (QED) is 0.793. The van der Waals surface area contributed by atoms with Crippen molar-refractivity contribution in [2.24, 2.45) is 5.41 Å². The summed E-state index contributed by atoms with van der Waals surface area (Å²) in [5.74, 6) is 1.81. The first kappa shape index (κ1) is 19.1. The van der Waals surface area contributed by atoms with E-state index in [1.54, 1.807) is 0 Å². The maximum atomic E-state index is 12.8. The summed E-state index contributed by atoms with van der Waals surface area (Å²) in [5, 5.41) is 8.08. The molecule has 0 aromatic carbocycles. The topological polar surface area (TPSA) is 84.8 Å². The normalized spacial score (nSPS) is 23.7. The zero-order valence-corrected chi connectivity index (χ0v) is 17.1. The lowest BCUT2D eigenvalue weighted by atomic mass is 9.87. The van der Waals surface area contributed by atoms with Crippen LogP contribution in [0, 0.1) is 33.1 Å². The number of carbonyl (C=O) groups excluding carboxylic acids is 1. The van der Waals surface area contributed by atoms with Crippen molar-refractivity contribution in [3.05, 3.63) is 34.0 Å². The fourth-order valence-electron chi connectivity index (χ4n) is 4.41. The Bertz CT molecular complexity index is 835. The first-order valence-corrected chi connectivity index (χ1v) is 9.78. The molecule has 1 spiro atoms. The van der Waals surface area contributed by atoms with Crippen LogP contribution in [0.4, 0.5) is 0 Å². The number of ether oxygens (including phenoxy) is 1. The van der Waals surface area contributed by atoms with Gasteiger partial charge in [0.1, 0.15) is 11.5 Å². The molecular formula is C20H28N4O4. The van der Waals surface area contributed by atoms with E-state index in [0.29, 0.717) is 32.7 Å². The highest BCUT2D eigenvalue weighted by molar-refractivity contribution is 5.79. The molecule has 1 amide bonds. The summed E-state index contributed by atoms with van der Waals surface area (Å²) < 4.78 is 16.5. The van der Waals surface area contributed by atoms with Crippen LogP contribution in [0.15, 0.2) is 9.05 Å². The largest absolute Gasteiger partial charge is 0.379 e. The van der Waals surface area contributed by atoms with Gasteiger partial charge in [-0.15, -0.1) is 0 Å². The molecule has 0 radical (unpaired) electrons. The third-order valence-electron chi connectivity index (χ3n) is 6.02. The second kappa shape index (κ2) is 7.33. The molecule has 4 heterocycles. The molecule has 8 heteroatoms. The number of rotatable bonds is 4. The van der Waals surface area contributed by atoms with Crippen molar-refractivity contribution in [1.29, 1.82) is 0 Å². The fourth-order valence-corrected chi connectivity index (χ4v) is 4.41. The third kappa shape index (κ3) is 3.58. The molecule has 2 aromatic heterocycles. The number of carbonyl (C=O) groups is 1. The minimum absolute atomic E-state index is 0.169. The Morgan fingerprint density at radius 1 is 0.964 bits per heavy atom. The number of aromatic nitrogens is 2. The van der Waals surface area contributed by atoms with E-state index in [4.69, 9.17) is 13.8 Å². The summed E-state index contributed by atoms with van der Waals surface area (Å²) in [6.07, 6.45) is 0.508. The average Bonchev–Trinajstić information content (AvgIpc) is 3.18. The Labute approximate surface area is 164 Å². The Hall–Kier alpha value is -2.19. The van der Waals surface area contributed by atoms with Crippen molar-refractivity contribution >= 4 is 5.91 Å². The molecule has 2 aliphatic rings. The second-order valence-corrected chi connectivity index (χ2v) is 8.30. The monoisotopic (exact) mass is 388 g/mol. The van der Waals surface area contributed by atoms with Gasteiger partial charge in [0.15, 0.2) is 0 Å². The highest BCUT2D eigenvalue weighted by atomic mass is 16.5. The SMILES string of the molecule is Cc1noc(C)c1CN1CCOC[C@]2(CC(=O)N(Cc3c(C)noc3C)C2)C1. The lowest BCUT2D eigenvalue weighted by Crippen LogP contribution is -2.40. The van der Waals surface area contributed by atoms with E-state index in [1.165, 1.54) is 0 Å². The van der Waals surface area contributed by atoms with Crippen LogP contribution in [0.1, 0.15) is 40.5 Å². The number of aryl methyl sites for hydroxylation is 4. The lowest BCUT2D eigenvalue weighted by molar-refractivity contribution is -0.128. The summed E-state index contributed by atoms with van der Waals surface area (Å²) in [5.41, 5.74) is 3.73. The van der Waals surface area contributed by atoms with E-state index >= 15 is 0 Å². The Kier molecular flexibility index (Phi) is 5.01. The van der Waals surface area contributed by atoms with Crippen LogP contribution < -0.4 is 0 Å². The van der Waals surface area contributed by atoms with Gasteiger partial charge in [0, 0.05) is 49.1 Å². The molecule has 2 aliphatic heterocycles. The molecule has 0 unspecified atom stereocenters. The van der Waals surface area contributed by atoms with E-state index < -0.39 is 0 Å². The summed E-state index contributed by atoms with van der Waals surface area (Å²) in [6.45, 7) is 12.7. The van der Waals surface area contributed by atoms with Gasteiger partial charge in [0.05, 0.1) is 31.1 Å². The van der Waals surface area contributed by atoms with E-state index in [0.717, 1.165) is 53.7 Å². The first-order valence-electron chi connectivity index (χ1n) is 9.78. The second-order valence-electron chi connectivity index (χ2n) is 8.30. The highest BCUT2D eigenvalue weighted by Gasteiger charge is 2.45. The van der Waals surface area contributed by atoms with Gasteiger partial charge in [-0.3, -0.25) is 9.69 Å². The summed E-state index contributed by atoms with van der Waals surface area (Å²) in [4.78, 5) is 17.1. The van der Waals surface area contributed by atoms with Crippen LogP contribution in [0.5, 0.6) is 0 Å². The highest BCUT2D eigenvalue weighted by Crippen LogP contribution is 2.36. The van der Waals surface area contributed by atoms with Crippen LogP contribution in [0.25, 0.3) is 0 Å². The van der Waals surface area contributed by atoms with Crippen LogP contribution >= 0.6 is 0 Å². The molecule has 2 aromatic rings. The van der Waals surface area contributed by atoms with Gasteiger partial charge in [0.25, 0.3) is 0 Å². The van der Waals surface area contributed by atoms with Crippen molar-refractivity contribution in [2.45, 2.75) is 47.2 Å². The van der Waals surface area contributed by atoms with E-state index in [1.807, 2.05) is 32.6 Å². The first-order chi connectivity index (χ1) is 13.4. The molecule has 4 rings (SSSR count). The molecule has 1 atom stereocenters. The molecule has 0 aliphatic carbocycles. The fraction of sp³-hybridized carbons (Fsp3) is 0.650. The van der Waals surface area contributed by atoms with Crippen molar-refractivity contribution < 1.29 is 18.6 Å². The van der Waals surface area contributed by atoms with Crippen LogP contribution in [-0.4, -0.2) is 58.9 Å². The van der Waals surface area contributed by atoms with Gasteiger partial charge >= 0.3 is 0 Å². The summed E-state index contributed by atoms with van der Waals surface area (Å²) >= 11 is 0. The number of likely N-dealkylation sites (tertiary alicyclic amines) is 1. The van der Waals surface area contributed by atoms with Crippen molar-refractivity contribution in [3.63, 3.8) is 0 Å². The zero-order chi connectivity index (χ0) is 19.9. The van der Waals surface area contributed by atoms with E-state index in [9.17, 15) is 4.79 Å². The molecule has 2 saturated heterocycles. The predicted octanol–water partition coefficient (Wildman–Crippen LogP) is 2.15. The van der Waals surface area contributed by atoms with Crippen LogP contribution in [0.2, 0.25) is 0 Å². The van der Waals surface area contributed by atoms with Crippen LogP contribution in [-0.2, 0) is 22.6 Å². The van der Waals surface area contributed by atoms with E-state index in [-0.39, 0.29) is 11.3 Å². The van der Waals surface area contributed by atoms with Gasteiger partial charge in [-0.05, 0) is 27.7 Å².